The summed E-state index contributed by atoms with van der Waals surface area (Å²) in [6, 6.07) is 1.57. The van der Waals surface area contributed by atoms with Crippen molar-refractivity contribution in [3.8, 4) is 0 Å². The minimum absolute atomic E-state index is 0.336. The van der Waals surface area contributed by atoms with Gasteiger partial charge in [0.25, 0.3) is 0 Å². The van der Waals surface area contributed by atoms with E-state index in [1.807, 2.05) is 0 Å². The molecule has 0 atom stereocenters. The number of hydrogen-bond acceptors (Lipinski definition) is 7. The first kappa shape index (κ1) is 13.8. The molecular weight excluding hydrogens is 266 g/mol. The molecule has 0 aromatic heterocycles. The largest absolute Gasteiger partial charge is 0.377 e. The number of anilines is 1. The van der Waals surface area contributed by atoms with Gasteiger partial charge >= 0.3 is 11.4 Å². The van der Waals surface area contributed by atoms with Crippen molar-refractivity contribution in [1.29, 1.82) is 0 Å². The maximum absolute atomic E-state index is 11.3. The molecular formula is C8H9N3O6S. The Labute approximate surface area is 102 Å². The molecule has 98 valence electrons. The Bertz CT molecular complexity index is 589. The van der Waals surface area contributed by atoms with Crippen molar-refractivity contribution < 1.29 is 18.3 Å². The summed E-state index contributed by atoms with van der Waals surface area (Å²) >= 11 is 0. The molecule has 1 aromatic carbocycles. The molecule has 1 N–H and O–H groups in total. The summed E-state index contributed by atoms with van der Waals surface area (Å²) in [6.45, 7) is 0. The van der Waals surface area contributed by atoms with E-state index in [1.165, 1.54) is 7.05 Å². The third-order valence-electron chi connectivity index (χ3n) is 2.14. The highest BCUT2D eigenvalue weighted by Crippen LogP contribution is 2.36. The van der Waals surface area contributed by atoms with Crippen molar-refractivity contribution in [3.63, 3.8) is 0 Å². The van der Waals surface area contributed by atoms with E-state index in [9.17, 15) is 28.6 Å². The number of nitrogens with one attached hydrogen (secondary N) is 1. The summed E-state index contributed by atoms with van der Waals surface area (Å²) < 4.78 is 22.6. The second-order valence-electron chi connectivity index (χ2n) is 3.37. The average Bonchev–Trinajstić information content (AvgIpc) is 2.25. The second-order valence-corrected chi connectivity index (χ2v) is 5.39. The lowest BCUT2D eigenvalue weighted by Crippen LogP contribution is -2.05. The van der Waals surface area contributed by atoms with Gasteiger partial charge in [0, 0.05) is 25.4 Å². The van der Waals surface area contributed by atoms with Gasteiger partial charge in [-0.3, -0.25) is 20.2 Å². The maximum Gasteiger partial charge on any atom is 0.300 e. The van der Waals surface area contributed by atoms with Crippen LogP contribution in [0.4, 0.5) is 17.1 Å². The molecule has 0 bridgehead atoms. The zero-order valence-electron chi connectivity index (χ0n) is 9.41. The van der Waals surface area contributed by atoms with Crippen LogP contribution in [0.25, 0.3) is 0 Å². The molecule has 10 heteroatoms. The van der Waals surface area contributed by atoms with Crippen LogP contribution in [0.5, 0.6) is 0 Å². The fourth-order valence-electron chi connectivity index (χ4n) is 1.34. The van der Waals surface area contributed by atoms with Crippen molar-refractivity contribution >= 4 is 26.9 Å². The molecule has 0 spiro atoms. The van der Waals surface area contributed by atoms with Crippen LogP contribution in [-0.2, 0) is 9.84 Å². The Kier molecular flexibility index (Phi) is 3.51. The lowest BCUT2D eigenvalue weighted by molar-refractivity contribution is -0.392. The molecule has 9 nitrogen and oxygen atoms in total. The maximum atomic E-state index is 11.3. The molecule has 0 radical (unpaired) electrons. The first-order chi connectivity index (χ1) is 8.18. The molecule has 0 saturated carbocycles. The highest BCUT2D eigenvalue weighted by molar-refractivity contribution is 7.90. The molecule has 0 amide bonds. The zero-order chi connectivity index (χ0) is 14.1. The van der Waals surface area contributed by atoms with Crippen LogP contribution in [-0.4, -0.2) is 31.6 Å². The van der Waals surface area contributed by atoms with E-state index < -0.39 is 36.0 Å². The van der Waals surface area contributed by atoms with Gasteiger partial charge in [-0.15, -0.1) is 0 Å². The fourth-order valence-corrected chi connectivity index (χ4v) is 2.00. The van der Waals surface area contributed by atoms with E-state index in [2.05, 4.69) is 5.32 Å². The van der Waals surface area contributed by atoms with Gasteiger partial charge in [0.1, 0.15) is 0 Å². The standard InChI is InChI=1S/C8H9N3O6S/c1-9-8-6(10(12)13)3-5(18(2,16)17)4-7(8)11(14)15/h3-4,9H,1-2H3. The SMILES string of the molecule is CNc1c([N+](=O)[O-])cc(S(C)(=O)=O)cc1[N+](=O)[O-]. The number of nitro groups is 2. The molecule has 0 aliphatic heterocycles. The summed E-state index contributed by atoms with van der Waals surface area (Å²) in [4.78, 5) is 19.3. The van der Waals surface area contributed by atoms with Crippen molar-refractivity contribution in [2.24, 2.45) is 0 Å². The first-order valence-corrected chi connectivity index (χ1v) is 6.42. The van der Waals surface area contributed by atoms with Crippen LogP contribution in [0.1, 0.15) is 0 Å². The van der Waals surface area contributed by atoms with Gasteiger partial charge in [-0.25, -0.2) is 8.42 Å². The number of nitro benzene ring substituents is 2. The summed E-state index contributed by atoms with van der Waals surface area (Å²) in [5.41, 5.74) is -1.66. The number of sulfone groups is 1. The molecule has 0 fully saturated rings. The van der Waals surface area contributed by atoms with E-state index >= 15 is 0 Å². The van der Waals surface area contributed by atoms with Gasteiger partial charge in [-0.05, 0) is 0 Å². The summed E-state index contributed by atoms with van der Waals surface area (Å²) in [5, 5.41) is 23.9. The van der Waals surface area contributed by atoms with Crippen LogP contribution in [0.2, 0.25) is 0 Å². The third-order valence-corrected chi connectivity index (χ3v) is 3.23. The minimum atomic E-state index is -3.78. The average molecular weight is 275 g/mol. The molecule has 18 heavy (non-hydrogen) atoms. The fraction of sp³-hybridized carbons (Fsp3) is 0.250. The smallest absolute Gasteiger partial charge is 0.300 e. The topological polar surface area (TPSA) is 132 Å². The lowest BCUT2D eigenvalue weighted by atomic mass is 10.2. The Balaban J connectivity index is 3.76. The lowest BCUT2D eigenvalue weighted by Gasteiger charge is -2.05. The molecule has 1 aromatic rings. The van der Waals surface area contributed by atoms with Crippen molar-refractivity contribution in [2.45, 2.75) is 4.90 Å². The van der Waals surface area contributed by atoms with Gasteiger partial charge in [-0.1, -0.05) is 0 Å². The van der Waals surface area contributed by atoms with Gasteiger partial charge in [-0.2, -0.15) is 0 Å². The van der Waals surface area contributed by atoms with Crippen LogP contribution in [0, 0.1) is 20.2 Å². The van der Waals surface area contributed by atoms with Gasteiger partial charge in [0.05, 0.1) is 14.7 Å². The molecule has 0 aliphatic carbocycles. The predicted molar refractivity (Wildman–Crippen MR) is 62.4 cm³/mol. The van der Waals surface area contributed by atoms with E-state index in [1.54, 1.807) is 0 Å². The van der Waals surface area contributed by atoms with E-state index in [0.29, 0.717) is 0 Å². The molecule has 0 aliphatic rings. The molecule has 0 heterocycles. The van der Waals surface area contributed by atoms with Crippen molar-refractivity contribution in [2.75, 3.05) is 18.6 Å². The van der Waals surface area contributed by atoms with Gasteiger partial charge in [0.2, 0.25) is 0 Å². The first-order valence-electron chi connectivity index (χ1n) is 4.53. The van der Waals surface area contributed by atoms with E-state index in [4.69, 9.17) is 0 Å². The summed E-state index contributed by atoms with van der Waals surface area (Å²) in [7, 11) is -2.50. The predicted octanol–water partition coefficient (Wildman–Crippen LogP) is 0.948. The Morgan fingerprint density at radius 1 is 1.11 bits per heavy atom. The normalized spacial score (nSPS) is 11.0. The Hall–Kier alpha value is -2.23. The third kappa shape index (κ3) is 2.53. The van der Waals surface area contributed by atoms with Gasteiger partial charge < -0.3 is 5.32 Å². The van der Waals surface area contributed by atoms with Crippen molar-refractivity contribution in [3.05, 3.63) is 32.4 Å². The molecule has 0 saturated heterocycles. The highest BCUT2D eigenvalue weighted by Gasteiger charge is 2.28. The number of benzene rings is 1. The molecule has 1 rings (SSSR count). The quantitative estimate of drug-likeness (QED) is 0.638. The molecule has 0 unspecified atom stereocenters. The zero-order valence-corrected chi connectivity index (χ0v) is 10.2. The van der Waals surface area contributed by atoms with Gasteiger partial charge in [0.15, 0.2) is 15.5 Å². The Morgan fingerprint density at radius 2 is 1.50 bits per heavy atom. The van der Waals surface area contributed by atoms with Crippen LogP contribution in [0.15, 0.2) is 17.0 Å². The Morgan fingerprint density at radius 3 is 1.72 bits per heavy atom. The highest BCUT2D eigenvalue weighted by atomic mass is 32.2. The van der Waals surface area contributed by atoms with Crippen molar-refractivity contribution in [1.82, 2.24) is 0 Å². The second kappa shape index (κ2) is 4.56. The van der Waals surface area contributed by atoms with Crippen LogP contribution < -0.4 is 5.32 Å². The van der Waals surface area contributed by atoms with E-state index in [0.717, 1.165) is 18.4 Å². The monoisotopic (exact) mass is 275 g/mol. The summed E-state index contributed by atoms with van der Waals surface area (Å²) in [5.74, 6) is 0. The number of hydrogen-bond donors (Lipinski definition) is 1. The van der Waals surface area contributed by atoms with Crippen LogP contribution in [0.3, 0.4) is 0 Å². The number of rotatable bonds is 4. The number of nitrogens with zero attached hydrogens (tertiary/aromatic N) is 2. The summed E-state index contributed by atoms with van der Waals surface area (Å²) in [6.07, 6.45) is 0.814. The minimum Gasteiger partial charge on any atom is -0.377 e. The van der Waals surface area contributed by atoms with Crippen LogP contribution >= 0.6 is 0 Å². The van der Waals surface area contributed by atoms with E-state index in [-0.39, 0.29) is 5.69 Å².